The van der Waals surface area contributed by atoms with Gasteiger partial charge in [0.25, 0.3) is 16.0 Å². The Morgan fingerprint density at radius 2 is 1.23 bits per heavy atom. The van der Waals surface area contributed by atoms with Crippen molar-refractivity contribution in [3.05, 3.63) is 84.9 Å². The van der Waals surface area contributed by atoms with Crippen LogP contribution in [0, 0.1) is 0 Å². The van der Waals surface area contributed by atoms with Crippen LogP contribution in [-0.4, -0.2) is 132 Å². The number of aromatic hydroxyl groups is 2. The van der Waals surface area contributed by atoms with Crippen molar-refractivity contribution < 1.29 is 100 Å². The number of nitrogens with zero attached hydrogens (tertiary/aromatic N) is 8. The van der Waals surface area contributed by atoms with Gasteiger partial charge in [0.05, 0.1) is 30.0 Å². The number of hydrogen-bond donors (Lipinski definition) is 7. The minimum Gasteiger partial charge on any atom is -0.505 e. The molecule has 0 radical (unpaired) electrons. The average molecular weight is 1100 g/mol. The van der Waals surface area contributed by atoms with E-state index in [-0.39, 0.29) is 69.8 Å². The second-order valence-electron chi connectivity index (χ2n) is 13.1. The monoisotopic (exact) mass is 1100 g/mol. The van der Waals surface area contributed by atoms with Crippen molar-refractivity contribution in [2.24, 2.45) is 35.8 Å². The Morgan fingerprint density at radius 1 is 0.712 bits per heavy atom. The van der Waals surface area contributed by atoms with Crippen molar-refractivity contribution >= 4 is 116 Å². The number of aliphatic hydroxyl groups excluding tert-OH is 2. The van der Waals surface area contributed by atoms with E-state index >= 15 is 0 Å². The summed E-state index contributed by atoms with van der Waals surface area (Å²) in [4.78, 5) is 35.8. The van der Waals surface area contributed by atoms with Gasteiger partial charge < -0.3 is 40.3 Å². The first-order valence-electron chi connectivity index (χ1n) is 19.2. The molecule has 5 aromatic carbocycles. The fourth-order valence-electron chi connectivity index (χ4n) is 5.63. The Labute approximate surface area is 413 Å². The number of benzene rings is 5. The first-order chi connectivity index (χ1) is 34.4. The van der Waals surface area contributed by atoms with Gasteiger partial charge in [-0.3, -0.25) is 14.1 Å². The number of rotatable bonds is 16. The Bertz CT molecular complexity index is 3390. The maximum atomic E-state index is 13.3. The van der Waals surface area contributed by atoms with Gasteiger partial charge in [-0.25, -0.2) is 4.79 Å². The smallest absolute Gasteiger partial charge is 0.425 e. The van der Waals surface area contributed by atoms with E-state index in [1.54, 1.807) is 30.3 Å². The van der Waals surface area contributed by atoms with Crippen LogP contribution in [0.2, 0.25) is 0 Å². The summed E-state index contributed by atoms with van der Waals surface area (Å²) < 4.78 is 122. The highest BCUT2D eigenvalue weighted by Crippen LogP contribution is 2.48. The number of aliphatic hydroxyl groups is 2. The van der Waals surface area contributed by atoms with E-state index in [0.717, 1.165) is 11.1 Å². The number of anilines is 2. The molecule has 0 saturated carbocycles. The van der Waals surface area contributed by atoms with Gasteiger partial charge in [0.15, 0.2) is 17.2 Å². The number of phenolic OH excluding ortho intramolecular Hbond substituents is 2. The molecule has 386 valence electrons. The van der Waals surface area contributed by atoms with Gasteiger partial charge in [-0.1, -0.05) is 24.3 Å². The maximum Gasteiger partial charge on any atom is 0.425 e. The number of para-hydroxylation sites is 1. The lowest BCUT2D eigenvalue weighted by atomic mass is 10.1. The fraction of sp³-hybridized carbons (Fsp3) is 0.158. The highest BCUT2D eigenvalue weighted by molar-refractivity contribution is 7.86. The third kappa shape index (κ3) is 17.8. The van der Waals surface area contributed by atoms with E-state index in [2.05, 4.69) is 41.1 Å². The lowest BCUT2D eigenvalue weighted by Gasteiger charge is -2.13. The Kier molecular flexibility index (Phi) is 22.0. The number of hydrogen-bond acceptors (Lipinski definition) is 27. The van der Waals surface area contributed by atoms with Crippen LogP contribution in [0.5, 0.6) is 23.0 Å². The third-order valence-electron chi connectivity index (χ3n) is 8.31. The van der Waals surface area contributed by atoms with Crippen molar-refractivity contribution in [1.82, 2.24) is 0 Å². The molecule has 1 atom stereocenters. The zero-order valence-electron chi connectivity index (χ0n) is 36.4. The number of carboxylic acid groups (broad SMARTS) is 1. The summed E-state index contributed by atoms with van der Waals surface area (Å²) in [7, 11) is -14.3. The average Bonchev–Trinajstić information content (AvgIpc) is 3.64. The molecule has 0 spiro atoms. The lowest BCUT2D eigenvalue weighted by molar-refractivity contribution is -0.130. The molecule has 7 N–H and O–H groups in total. The lowest BCUT2D eigenvalue weighted by Crippen LogP contribution is -2.32. The van der Waals surface area contributed by atoms with Crippen LogP contribution in [-0.2, 0) is 56.3 Å². The van der Waals surface area contributed by atoms with Crippen LogP contribution in [0.4, 0.5) is 39.8 Å². The van der Waals surface area contributed by atoms with Gasteiger partial charge in [-0.2, -0.15) is 33.9 Å². The molecule has 0 saturated heterocycles. The van der Waals surface area contributed by atoms with Crippen LogP contribution < -0.4 is 19.8 Å². The number of ether oxygens (including phenoxy) is 2. The maximum absolute atomic E-state index is 13.3. The Morgan fingerprint density at radius 3 is 1.73 bits per heavy atom. The minimum absolute atomic E-state index is 0.0645. The van der Waals surface area contributed by atoms with Gasteiger partial charge >= 0.3 is 37.8 Å². The normalized spacial score (nSPS) is 13.0. The summed E-state index contributed by atoms with van der Waals surface area (Å²) in [5.41, 5.74) is -0.971. The third-order valence-corrected chi connectivity index (χ3v) is 9.18. The molecule has 1 aliphatic rings. The van der Waals surface area contributed by atoms with Gasteiger partial charge in [0.2, 0.25) is 11.9 Å². The predicted molar refractivity (Wildman–Crippen MR) is 244 cm³/mol. The first kappa shape index (κ1) is 58.4. The largest absolute Gasteiger partial charge is 0.505 e. The predicted octanol–water partition coefficient (Wildman–Crippen LogP) is 2.96. The summed E-state index contributed by atoms with van der Waals surface area (Å²) in [5, 5.41) is 82.4. The van der Waals surface area contributed by atoms with E-state index in [4.69, 9.17) is 47.4 Å². The van der Waals surface area contributed by atoms with Crippen molar-refractivity contribution in [3.8, 4) is 23.0 Å². The fourth-order valence-corrected chi connectivity index (χ4v) is 6.29. The molecule has 1 aliphatic heterocycles. The minimum atomic E-state index is -5.01. The van der Waals surface area contributed by atoms with E-state index < -0.39 is 101 Å². The zero-order valence-corrected chi connectivity index (χ0v) is 39.7. The van der Waals surface area contributed by atoms with E-state index in [1.807, 2.05) is 0 Å². The molecule has 0 aromatic heterocycles. The SMILES string of the molecule is CC(=O)Nc1ccc(N=Nc2c(S(=O)(=O)O)cc3ccc(N=Nc4cc(OCCO)c(N=NC5C(=O)N(c6ccccc6)N=C5C(=O)O)cc4OCCO)c(O)c3c2O)cc1.O=S(=O)=O.O=S(=O)=O.O=S(=O)=O. The molecule has 1 unspecified atom stereocenters. The van der Waals surface area contributed by atoms with Crippen molar-refractivity contribution in [1.29, 1.82) is 0 Å². The second kappa shape index (κ2) is 27.5. The molecule has 6 rings (SSSR count). The highest BCUT2D eigenvalue weighted by Gasteiger charge is 2.41. The summed E-state index contributed by atoms with van der Waals surface area (Å²) in [5.74, 6) is -4.48. The zero-order chi connectivity index (χ0) is 54.6. The molecule has 35 heteroatoms. The molecule has 0 fully saturated rings. The van der Waals surface area contributed by atoms with E-state index in [9.17, 15) is 52.9 Å². The van der Waals surface area contributed by atoms with Crippen molar-refractivity contribution in [2.75, 3.05) is 36.8 Å². The van der Waals surface area contributed by atoms with Crippen molar-refractivity contribution in [3.63, 3.8) is 0 Å². The Balaban J connectivity index is 0.00000106. The van der Waals surface area contributed by atoms with Crippen LogP contribution in [0.15, 0.2) is 126 Å². The second-order valence-corrected chi connectivity index (χ2v) is 15.8. The number of carbonyl (C=O) groups excluding carboxylic acids is 2. The summed E-state index contributed by atoms with van der Waals surface area (Å²) in [6, 6.07) is 18.1. The number of aliphatic carboxylic acids is 1. The molecule has 31 nitrogen and oxygen atoms in total. The number of amides is 2. The first-order valence-corrected chi connectivity index (χ1v) is 23.6. The van der Waals surface area contributed by atoms with Crippen molar-refractivity contribution in [2.45, 2.75) is 17.9 Å². The van der Waals surface area contributed by atoms with Gasteiger partial charge in [0.1, 0.15) is 52.4 Å². The number of hydrazone groups is 1. The van der Waals surface area contributed by atoms with Gasteiger partial charge in [-0.05, 0) is 53.9 Å². The summed E-state index contributed by atoms with van der Waals surface area (Å²) in [6.45, 7) is -0.155. The summed E-state index contributed by atoms with van der Waals surface area (Å²) in [6.07, 6.45) is 0. The van der Waals surface area contributed by atoms with E-state index in [0.29, 0.717) is 5.69 Å². The number of fused-ring (bicyclic) bond motifs is 1. The number of phenols is 2. The number of nitrogens with one attached hydrogen (secondary N) is 1. The summed E-state index contributed by atoms with van der Waals surface area (Å²) >= 11 is 0. The highest BCUT2D eigenvalue weighted by atomic mass is 32.2. The molecular formula is C38H33N9O22S4. The molecule has 5 aromatic rings. The van der Waals surface area contributed by atoms with Crippen LogP contribution in [0.3, 0.4) is 0 Å². The molecule has 0 aliphatic carbocycles. The van der Waals surface area contributed by atoms with Gasteiger partial charge in [-0.15, -0.1) is 53.2 Å². The van der Waals surface area contributed by atoms with Crippen LogP contribution in [0.1, 0.15) is 6.92 Å². The molecular weight excluding hydrogens is 1060 g/mol. The molecule has 2 amide bonds. The van der Waals surface area contributed by atoms with Gasteiger partial charge in [0, 0.05) is 24.7 Å². The quantitative estimate of drug-likeness (QED) is 0.0551. The molecule has 1 heterocycles. The van der Waals surface area contributed by atoms with E-state index in [1.165, 1.54) is 55.5 Å². The molecule has 0 bridgehead atoms. The number of carboxylic acids is 1. The van der Waals surface area contributed by atoms with Crippen LogP contribution >= 0.6 is 0 Å². The molecule has 73 heavy (non-hydrogen) atoms. The van der Waals surface area contributed by atoms with Crippen LogP contribution in [0.25, 0.3) is 10.8 Å². The topological polar surface area (TPSA) is 481 Å². The Hall–Kier alpha value is -8.87. The standard InChI is InChI=1S/C38H33N9O13S.3O3S/c1-20(50)39-22-8-10-23(11-9-22)40-44-32-30(61(56,57)58)17-21-7-12-25(35(51)31(21)36(32)52)41-42-26-18-29(60-16-14-49)27(19-28(26)59-15-13-48)43-45-33-34(38(54)55)46-47(37(33)53)24-5-3-2-4-6-24;3*1-4(2)3/h2-12,17-19,33,48-49,51-52H,13-16H2,1H3,(H,39,50)(H,54,55)(H,56,57,58);;;. The number of carbonyl (C=O) groups is 3. The number of azo groups is 3.